The van der Waals surface area contributed by atoms with Gasteiger partial charge in [0.05, 0.1) is 0 Å². The summed E-state index contributed by atoms with van der Waals surface area (Å²) in [7, 11) is 0. The van der Waals surface area contributed by atoms with Crippen molar-refractivity contribution < 1.29 is 28.3 Å². The third kappa shape index (κ3) is 3.58. The van der Waals surface area contributed by atoms with Crippen molar-refractivity contribution in [2.24, 2.45) is 57.7 Å². The van der Waals surface area contributed by atoms with Gasteiger partial charge in [0.2, 0.25) is 0 Å². The van der Waals surface area contributed by atoms with Gasteiger partial charge in [-0.1, -0.05) is 13.8 Å². The van der Waals surface area contributed by atoms with Crippen LogP contribution in [0.25, 0.3) is 0 Å². The SMILES string of the molecule is [2H]C(=O)[C@]12C[C@H]3[C@@H]4CC[C@H]([C@H](C)CCCC(C)C)[C@@]4(C)CC[C@@H]3[C@@]1(C)CC[C@@H]2[CH2][Hg][Br]. The summed E-state index contributed by atoms with van der Waals surface area (Å²) in [4.78, 5) is 13.1. The van der Waals surface area contributed by atoms with E-state index in [0.29, 0.717) is 23.2 Å². The third-order valence-electron chi connectivity index (χ3n) is 11.4. The van der Waals surface area contributed by atoms with Crippen LogP contribution in [-0.4, -0.2) is 6.26 Å². The molecule has 9 atom stereocenters. The fraction of sp³-hybridized carbons (Fsp3) is 0.963. The number of hydrogen-bond donors (Lipinski definition) is 0. The molecule has 4 aliphatic carbocycles. The Morgan fingerprint density at radius 2 is 1.87 bits per heavy atom. The molecule has 0 spiro atoms. The van der Waals surface area contributed by atoms with Crippen LogP contribution in [-0.2, 0) is 26.9 Å². The van der Waals surface area contributed by atoms with Gasteiger partial charge in [0.25, 0.3) is 0 Å². The zero-order valence-electron chi connectivity index (χ0n) is 21.3. The van der Waals surface area contributed by atoms with Crippen LogP contribution in [0, 0.1) is 57.7 Å². The summed E-state index contributed by atoms with van der Waals surface area (Å²) < 4.78 is 9.79. The molecule has 0 aromatic rings. The van der Waals surface area contributed by atoms with Gasteiger partial charge in [-0.2, -0.15) is 0 Å². The molecule has 0 N–H and O–H groups in total. The summed E-state index contributed by atoms with van der Waals surface area (Å²) in [6.45, 7) is 12.4. The molecule has 4 aliphatic rings. The summed E-state index contributed by atoms with van der Waals surface area (Å²) in [5.74, 6) is 5.27. The van der Waals surface area contributed by atoms with Gasteiger partial charge in [-0.25, -0.2) is 0 Å². The van der Waals surface area contributed by atoms with Crippen molar-refractivity contribution in [3.63, 3.8) is 0 Å². The topological polar surface area (TPSA) is 17.1 Å². The van der Waals surface area contributed by atoms with Gasteiger partial charge in [-0.05, 0) is 5.92 Å². The van der Waals surface area contributed by atoms with E-state index in [2.05, 4.69) is 46.5 Å². The standard InChI is InChI=1S/C27H45O.BrH.Hg/c1-18(2)8-7-9-19(3)22-10-11-23-21-16-27(17-28)20(4)12-15-26(27,6)24(21)13-14-25(22,23)5;;/h17-24H,4,7-16H2,1-3,5-6H3;1H;/q;;+1/p-1/t19-,20+,21+,22-,23+,24+,25-,26-,27+;;/m1../s1/i17D;;. The fourth-order valence-corrected chi connectivity index (χ4v) is 18.8. The van der Waals surface area contributed by atoms with E-state index in [1.807, 2.05) is 0 Å². The van der Waals surface area contributed by atoms with E-state index < -0.39 is 22.1 Å². The third-order valence-corrected chi connectivity index (χ3v) is 19.0. The Balaban J connectivity index is 1.57. The predicted molar refractivity (Wildman–Crippen MR) is 126 cm³/mol. The first-order valence-corrected chi connectivity index (χ1v) is 29.0. The normalized spacial score (nSPS) is 48.6. The second-order valence-corrected chi connectivity index (χ2v) is 23.5. The Morgan fingerprint density at radius 3 is 2.53 bits per heavy atom. The molecule has 1 nitrogen and oxygen atoms in total. The number of fused-ring (bicyclic) bond motifs is 5. The molecule has 0 unspecified atom stereocenters. The van der Waals surface area contributed by atoms with E-state index in [1.165, 1.54) is 61.7 Å². The predicted octanol–water partition coefficient (Wildman–Crippen LogP) is 8.32. The van der Waals surface area contributed by atoms with Crippen molar-refractivity contribution in [1.82, 2.24) is 0 Å². The van der Waals surface area contributed by atoms with Gasteiger partial charge in [-0.3, -0.25) is 0 Å². The molecule has 30 heavy (non-hydrogen) atoms. The van der Waals surface area contributed by atoms with Gasteiger partial charge in [-0.15, -0.1) is 0 Å². The minimum absolute atomic E-state index is 0.111. The quantitative estimate of drug-likeness (QED) is 0.188. The van der Waals surface area contributed by atoms with Crippen LogP contribution in [0.3, 0.4) is 0 Å². The van der Waals surface area contributed by atoms with Crippen molar-refractivity contribution >= 4 is 18.2 Å². The summed E-state index contributed by atoms with van der Waals surface area (Å²) in [5, 5.41) is 0. The van der Waals surface area contributed by atoms with E-state index >= 15 is 0 Å². The van der Waals surface area contributed by atoms with Crippen molar-refractivity contribution in [3.8, 4) is 0 Å². The van der Waals surface area contributed by atoms with Gasteiger partial charge >= 0.3 is 187 Å². The average Bonchev–Trinajstić information content (AvgIpc) is 3.27. The molecule has 0 amide bonds. The van der Waals surface area contributed by atoms with E-state index in [4.69, 9.17) is 1.37 Å². The van der Waals surface area contributed by atoms with Crippen LogP contribution in [0.1, 0.15) is 100 Å². The molecule has 4 saturated carbocycles. The van der Waals surface area contributed by atoms with E-state index in [-0.39, 0.29) is 17.1 Å². The Kier molecular flexibility index (Phi) is 6.88. The van der Waals surface area contributed by atoms with Crippen LogP contribution in [0.2, 0.25) is 3.93 Å². The van der Waals surface area contributed by atoms with Crippen molar-refractivity contribution in [3.05, 3.63) is 0 Å². The summed E-state index contributed by atoms with van der Waals surface area (Å²) >= 11 is 2.88. The number of rotatable bonds is 8. The van der Waals surface area contributed by atoms with E-state index in [1.54, 1.807) is 0 Å². The van der Waals surface area contributed by atoms with Crippen LogP contribution in [0.15, 0.2) is 0 Å². The number of hydrogen-bond acceptors (Lipinski definition) is 1. The molecule has 0 aromatic carbocycles. The molecule has 0 radical (unpaired) electrons. The van der Waals surface area contributed by atoms with Crippen LogP contribution in [0.4, 0.5) is 0 Å². The van der Waals surface area contributed by atoms with Crippen molar-refractivity contribution in [2.75, 3.05) is 0 Å². The zero-order chi connectivity index (χ0) is 22.6. The molecule has 4 fully saturated rings. The molecular formula is C27H45BrHgO. The number of halogens is 1. The Morgan fingerprint density at radius 1 is 1.10 bits per heavy atom. The minimum atomic E-state index is -1.000. The maximum absolute atomic E-state index is 13.1. The van der Waals surface area contributed by atoms with Gasteiger partial charge in [0, 0.05) is 0 Å². The fourth-order valence-electron chi connectivity index (χ4n) is 9.85. The van der Waals surface area contributed by atoms with Gasteiger partial charge < -0.3 is 0 Å². The molecule has 4 rings (SSSR count). The summed E-state index contributed by atoms with van der Waals surface area (Å²) in [6, 6.07) is 0. The summed E-state index contributed by atoms with van der Waals surface area (Å²) in [5.41, 5.74) is 0.284. The maximum atomic E-state index is 13.1. The number of carbonyl (C=O) groups is 1. The molecule has 0 heterocycles. The Bertz CT molecular complexity index is 684. The molecule has 0 saturated heterocycles. The van der Waals surface area contributed by atoms with Crippen molar-refractivity contribution in [1.29, 1.82) is 0 Å². The van der Waals surface area contributed by atoms with Crippen LogP contribution in [0.5, 0.6) is 0 Å². The first-order chi connectivity index (χ1) is 14.6. The first kappa shape index (κ1) is 22.9. The monoisotopic (exact) mass is 667 g/mol. The first-order valence-electron chi connectivity index (χ1n) is 13.7. The van der Waals surface area contributed by atoms with Crippen molar-refractivity contribution in [2.45, 2.75) is 103 Å². The van der Waals surface area contributed by atoms with Gasteiger partial charge in [0.1, 0.15) is 0 Å². The van der Waals surface area contributed by atoms with E-state index in [9.17, 15) is 4.79 Å². The van der Waals surface area contributed by atoms with Gasteiger partial charge in [0.15, 0.2) is 0 Å². The molecule has 3 heteroatoms. The molecule has 0 aliphatic heterocycles. The van der Waals surface area contributed by atoms with Crippen LogP contribution >= 0.6 is 11.9 Å². The zero-order valence-corrected chi connectivity index (χ0v) is 27.4. The Labute approximate surface area is 205 Å². The number of aldehydes is 1. The second-order valence-electron chi connectivity index (χ2n) is 12.8. The summed E-state index contributed by atoms with van der Waals surface area (Å²) in [6.07, 6.45) is 13.0. The number of carbonyl (C=O) groups excluding carboxylic acids is 1. The molecule has 168 valence electrons. The van der Waals surface area contributed by atoms with Crippen LogP contribution < -0.4 is 0 Å². The molecule has 0 aromatic heterocycles. The second kappa shape index (κ2) is 9.03. The molecule has 0 bridgehead atoms. The van der Waals surface area contributed by atoms with E-state index in [0.717, 1.165) is 30.1 Å². The Hall–Kier alpha value is 1.09. The average molecular weight is 667 g/mol. The molecular weight excluding hydrogens is 621 g/mol.